The van der Waals surface area contributed by atoms with E-state index in [0.717, 1.165) is 5.56 Å². The first-order valence-electron chi connectivity index (χ1n) is 7.23. The van der Waals surface area contributed by atoms with Gasteiger partial charge in [0.2, 0.25) is 0 Å². The lowest BCUT2D eigenvalue weighted by molar-refractivity contribution is -0.384. The Morgan fingerprint density at radius 1 is 1.21 bits per heavy atom. The molecule has 1 atom stereocenters. The van der Waals surface area contributed by atoms with Crippen LogP contribution in [-0.2, 0) is 4.74 Å². The van der Waals surface area contributed by atoms with Crippen LogP contribution in [0.15, 0.2) is 60.7 Å². The summed E-state index contributed by atoms with van der Waals surface area (Å²) < 4.78 is 5.23. The van der Waals surface area contributed by atoms with Gasteiger partial charge in [-0.05, 0) is 17.7 Å². The maximum absolute atomic E-state index is 12.0. The average molecular weight is 321 g/mol. The molecule has 1 unspecified atom stereocenters. The monoisotopic (exact) mass is 321 g/mol. The number of hydrogen-bond acceptors (Lipinski definition) is 4. The highest BCUT2D eigenvalue weighted by Gasteiger charge is 2.14. The second-order valence-corrected chi connectivity index (χ2v) is 4.91. The van der Waals surface area contributed by atoms with Crippen LogP contribution in [0, 0.1) is 22.5 Å². The first-order valence-corrected chi connectivity index (χ1v) is 7.23. The van der Waals surface area contributed by atoms with Crippen LogP contribution < -0.4 is 0 Å². The molecule has 0 bridgehead atoms. The molecule has 0 aliphatic rings. The Morgan fingerprint density at radius 3 is 2.46 bits per heavy atom. The average Bonchev–Trinajstić information content (AvgIpc) is 2.61. The molecule has 0 spiro atoms. The number of carbonyl (C=O) groups is 1. The van der Waals surface area contributed by atoms with E-state index >= 15 is 0 Å². The molecule has 2 aromatic rings. The molecule has 0 aromatic heterocycles. The van der Waals surface area contributed by atoms with Crippen molar-refractivity contribution in [1.29, 1.82) is 0 Å². The summed E-state index contributed by atoms with van der Waals surface area (Å²) in [6.45, 7) is 0. The molecule has 120 valence electrons. The van der Waals surface area contributed by atoms with E-state index in [0.29, 0.717) is 6.42 Å². The first-order chi connectivity index (χ1) is 11.6. The van der Waals surface area contributed by atoms with Crippen molar-refractivity contribution in [2.45, 2.75) is 12.5 Å². The quantitative estimate of drug-likeness (QED) is 0.351. The second kappa shape index (κ2) is 8.30. The van der Waals surface area contributed by atoms with Crippen LogP contribution in [0.2, 0.25) is 0 Å². The highest BCUT2D eigenvalue weighted by molar-refractivity contribution is 5.89. The van der Waals surface area contributed by atoms with Crippen LogP contribution in [0.1, 0.15) is 22.3 Å². The highest BCUT2D eigenvalue weighted by atomic mass is 16.6. The second-order valence-electron chi connectivity index (χ2n) is 4.91. The van der Waals surface area contributed by atoms with Gasteiger partial charge in [0.1, 0.15) is 0 Å². The molecule has 0 aliphatic heterocycles. The van der Waals surface area contributed by atoms with E-state index in [1.54, 1.807) is 0 Å². The summed E-state index contributed by atoms with van der Waals surface area (Å²) in [5, 5.41) is 10.6. The number of terminal acetylenes is 1. The van der Waals surface area contributed by atoms with Crippen LogP contribution in [0.3, 0.4) is 0 Å². The van der Waals surface area contributed by atoms with Crippen molar-refractivity contribution in [2.75, 3.05) is 0 Å². The number of non-ortho nitro benzene ring substituents is 1. The number of esters is 1. The zero-order valence-electron chi connectivity index (χ0n) is 12.8. The molecule has 5 heteroatoms. The third kappa shape index (κ3) is 4.82. The number of ether oxygens (including phenoxy) is 1. The van der Waals surface area contributed by atoms with E-state index in [1.165, 1.54) is 24.3 Å². The zero-order chi connectivity index (χ0) is 17.4. The summed E-state index contributed by atoms with van der Waals surface area (Å²) in [5.74, 6) is 1.81. The van der Waals surface area contributed by atoms with E-state index in [2.05, 4.69) is 5.92 Å². The van der Waals surface area contributed by atoms with Gasteiger partial charge in [0.05, 0.1) is 10.5 Å². The van der Waals surface area contributed by atoms with Gasteiger partial charge in [-0.25, -0.2) is 4.79 Å². The molecule has 24 heavy (non-hydrogen) atoms. The van der Waals surface area contributed by atoms with Gasteiger partial charge in [0.25, 0.3) is 5.69 Å². The van der Waals surface area contributed by atoms with Crippen LogP contribution in [0.5, 0.6) is 0 Å². The largest absolute Gasteiger partial charge is 0.445 e. The molecule has 0 saturated carbocycles. The minimum absolute atomic E-state index is 0.0918. The van der Waals surface area contributed by atoms with Gasteiger partial charge >= 0.3 is 5.97 Å². The predicted molar refractivity (Wildman–Crippen MR) is 91.2 cm³/mol. The van der Waals surface area contributed by atoms with Gasteiger partial charge in [0.15, 0.2) is 6.10 Å². The number of nitrogens with zero attached hydrogens (tertiary/aromatic N) is 1. The van der Waals surface area contributed by atoms with Gasteiger partial charge in [-0.3, -0.25) is 10.1 Å². The standard InChI is InChI=1S/C19H15NO4/c1-2-18(10-6-9-15-7-4-3-5-8-15)24-19(21)16-11-13-17(14-12-16)20(22)23/h1,3-9,11-14,18H,10H2/b9-6+. The van der Waals surface area contributed by atoms with E-state index in [-0.39, 0.29) is 11.3 Å². The number of hydrogen-bond donors (Lipinski definition) is 0. The Kier molecular flexibility index (Phi) is 5.87. The summed E-state index contributed by atoms with van der Waals surface area (Å²) in [4.78, 5) is 22.1. The Bertz CT molecular complexity index is 773. The molecule has 0 heterocycles. The Hall–Kier alpha value is -3.39. The summed E-state index contributed by atoms with van der Waals surface area (Å²) in [7, 11) is 0. The highest BCUT2D eigenvalue weighted by Crippen LogP contribution is 2.14. The molecule has 2 rings (SSSR count). The lowest BCUT2D eigenvalue weighted by atomic mass is 10.1. The molecule has 0 aliphatic carbocycles. The van der Waals surface area contributed by atoms with Gasteiger partial charge < -0.3 is 4.74 Å². The van der Waals surface area contributed by atoms with Crippen molar-refractivity contribution in [1.82, 2.24) is 0 Å². The Balaban J connectivity index is 1.94. The Labute approximate surface area is 139 Å². The van der Waals surface area contributed by atoms with Crippen molar-refractivity contribution in [3.05, 3.63) is 81.9 Å². The summed E-state index contributed by atoms with van der Waals surface area (Å²) in [6, 6.07) is 14.8. The van der Waals surface area contributed by atoms with Gasteiger partial charge in [-0.2, -0.15) is 0 Å². The Morgan fingerprint density at radius 2 is 1.88 bits per heavy atom. The van der Waals surface area contributed by atoms with Crippen LogP contribution in [0.25, 0.3) is 6.08 Å². The van der Waals surface area contributed by atoms with E-state index in [4.69, 9.17) is 11.2 Å². The third-order valence-electron chi connectivity index (χ3n) is 3.21. The van der Waals surface area contributed by atoms with Crippen molar-refractivity contribution in [2.24, 2.45) is 0 Å². The van der Waals surface area contributed by atoms with Gasteiger partial charge in [-0.1, -0.05) is 48.4 Å². The van der Waals surface area contributed by atoms with Crippen LogP contribution >= 0.6 is 0 Å². The van der Waals surface area contributed by atoms with Crippen LogP contribution in [-0.4, -0.2) is 17.0 Å². The van der Waals surface area contributed by atoms with Crippen molar-refractivity contribution < 1.29 is 14.5 Å². The molecule has 0 N–H and O–H groups in total. The minimum Gasteiger partial charge on any atom is -0.445 e. The smallest absolute Gasteiger partial charge is 0.339 e. The van der Waals surface area contributed by atoms with Crippen molar-refractivity contribution >= 4 is 17.7 Å². The molecular weight excluding hydrogens is 306 g/mol. The number of carbonyl (C=O) groups excluding carboxylic acids is 1. The van der Waals surface area contributed by atoms with E-state index in [1.807, 2.05) is 42.5 Å². The maximum atomic E-state index is 12.0. The van der Waals surface area contributed by atoms with Crippen molar-refractivity contribution in [3.8, 4) is 12.3 Å². The van der Waals surface area contributed by atoms with E-state index in [9.17, 15) is 14.9 Å². The van der Waals surface area contributed by atoms with Crippen LogP contribution in [0.4, 0.5) is 5.69 Å². The zero-order valence-corrected chi connectivity index (χ0v) is 12.8. The van der Waals surface area contributed by atoms with E-state index < -0.39 is 17.0 Å². The topological polar surface area (TPSA) is 69.4 Å². The first kappa shape index (κ1) is 17.0. The number of nitro benzene ring substituents is 1. The molecule has 2 aromatic carbocycles. The maximum Gasteiger partial charge on any atom is 0.339 e. The fourth-order valence-electron chi connectivity index (χ4n) is 1.96. The number of rotatable bonds is 6. The fraction of sp³-hybridized carbons (Fsp3) is 0.105. The SMILES string of the molecule is C#CC(C/C=C/c1ccccc1)OC(=O)c1ccc([N+](=O)[O-])cc1. The number of nitro groups is 1. The molecule has 0 radical (unpaired) electrons. The molecular formula is C19H15NO4. The minimum atomic E-state index is -0.701. The number of benzene rings is 2. The van der Waals surface area contributed by atoms with Gasteiger partial charge in [-0.15, -0.1) is 6.42 Å². The predicted octanol–water partition coefficient (Wildman–Crippen LogP) is 3.86. The molecule has 0 saturated heterocycles. The molecule has 0 amide bonds. The molecule has 5 nitrogen and oxygen atoms in total. The van der Waals surface area contributed by atoms with Gasteiger partial charge in [0, 0.05) is 18.6 Å². The lowest BCUT2D eigenvalue weighted by Gasteiger charge is -2.10. The normalized spacial score (nSPS) is 11.6. The third-order valence-corrected chi connectivity index (χ3v) is 3.21. The van der Waals surface area contributed by atoms with Crippen molar-refractivity contribution in [3.63, 3.8) is 0 Å². The summed E-state index contributed by atoms with van der Waals surface area (Å²) in [5.41, 5.74) is 1.15. The summed E-state index contributed by atoms with van der Waals surface area (Å²) in [6.07, 6.45) is 8.80. The fourth-order valence-corrected chi connectivity index (χ4v) is 1.96. The lowest BCUT2D eigenvalue weighted by Crippen LogP contribution is -2.15. The summed E-state index contributed by atoms with van der Waals surface area (Å²) >= 11 is 0. The molecule has 0 fully saturated rings.